The Bertz CT molecular complexity index is 1090. The Balaban J connectivity index is 2.10. The largest absolute Gasteiger partial charge is 0.839 e. The highest BCUT2D eigenvalue weighted by Crippen LogP contribution is 2.23. The summed E-state index contributed by atoms with van der Waals surface area (Å²) in [6.45, 7) is 3.09. The first-order chi connectivity index (χ1) is 12.7. The number of carbonyl (C=O) groups excluding carboxylic acids is 2. The van der Waals surface area contributed by atoms with E-state index < -0.39 is 23.2 Å². The molecule has 0 saturated heterocycles. The zero-order chi connectivity index (χ0) is 19.8. The van der Waals surface area contributed by atoms with E-state index in [4.69, 9.17) is 22.8 Å². The minimum Gasteiger partial charge on any atom is -0.839 e. The Morgan fingerprint density at radius 1 is 1.48 bits per heavy atom. The average molecular weight is 404 g/mol. The topological polar surface area (TPSA) is 88.4 Å². The summed E-state index contributed by atoms with van der Waals surface area (Å²) in [7, 11) is 0. The van der Waals surface area contributed by atoms with Crippen LogP contribution in [0.15, 0.2) is 30.6 Å². The number of ether oxygens (including phenoxy) is 1. The van der Waals surface area contributed by atoms with Crippen molar-refractivity contribution in [2.24, 2.45) is 0 Å². The highest BCUT2D eigenvalue weighted by atomic mass is 35.5. The van der Waals surface area contributed by atoms with E-state index in [1.165, 1.54) is 40.3 Å². The molecule has 3 aromatic heterocycles. The van der Waals surface area contributed by atoms with Gasteiger partial charge in [-0.1, -0.05) is 23.6 Å². The molecule has 7 nitrogen and oxygen atoms in total. The molecule has 0 spiro atoms. The smallest absolute Gasteiger partial charge is 0.385 e. The second-order valence-corrected chi connectivity index (χ2v) is 7.82. The predicted octanol–water partition coefficient (Wildman–Crippen LogP) is 1.60. The lowest BCUT2D eigenvalue weighted by Gasteiger charge is -2.17. The number of hydrogen-bond acceptors (Lipinski definition) is 6. The van der Waals surface area contributed by atoms with E-state index >= 15 is 0 Å². The van der Waals surface area contributed by atoms with Gasteiger partial charge in [0.2, 0.25) is 5.69 Å². The third-order valence-electron chi connectivity index (χ3n) is 3.74. The van der Waals surface area contributed by atoms with Crippen LogP contribution in [0.4, 0.5) is 0 Å². The van der Waals surface area contributed by atoms with E-state index in [2.05, 4.69) is 10.9 Å². The normalized spacial score (nSPS) is 11.3. The molecule has 0 unspecified atom stereocenters. The van der Waals surface area contributed by atoms with E-state index in [1.807, 2.05) is 0 Å². The van der Waals surface area contributed by atoms with Gasteiger partial charge in [0.25, 0.3) is 5.65 Å². The van der Waals surface area contributed by atoms with Gasteiger partial charge in [0.05, 0.1) is 11.1 Å². The van der Waals surface area contributed by atoms with E-state index in [9.17, 15) is 14.7 Å². The number of pyridine rings is 1. The van der Waals surface area contributed by atoms with Gasteiger partial charge in [0.15, 0.2) is 10.1 Å². The molecule has 138 valence electrons. The summed E-state index contributed by atoms with van der Waals surface area (Å²) in [5.74, 6) is -0.613. The molecule has 0 bridgehead atoms. The molecule has 0 atom stereocenters. The molecule has 3 aromatic rings. The number of ketones is 1. The first kappa shape index (κ1) is 18.9. The summed E-state index contributed by atoms with van der Waals surface area (Å²) in [4.78, 5) is 29.7. The molecule has 3 heterocycles. The van der Waals surface area contributed by atoms with Gasteiger partial charge in [-0.15, -0.1) is 17.8 Å². The van der Waals surface area contributed by atoms with Crippen LogP contribution in [-0.4, -0.2) is 26.9 Å². The molecule has 0 aliphatic heterocycles. The number of fused-ring (bicyclic) bond motifs is 1. The van der Waals surface area contributed by atoms with Gasteiger partial charge in [-0.25, -0.2) is 18.7 Å². The van der Waals surface area contributed by atoms with E-state index in [0.29, 0.717) is 15.0 Å². The third kappa shape index (κ3) is 3.65. The molecule has 0 aromatic carbocycles. The van der Waals surface area contributed by atoms with E-state index in [0.717, 1.165) is 0 Å². The Kier molecular flexibility index (Phi) is 4.91. The number of rotatable bonds is 5. The molecule has 3 rings (SSSR count). The van der Waals surface area contributed by atoms with Crippen LogP contribution in [0.1, 0.15) is 29.2 Å². The van der Waals surface area contributed by atoms with Crippen LogP contribution in [0.3, 0.4) is 0 Å². The molecule has 9 heteroatoms. The lowest BCUT2D eigenvalue weighted by atomic mass is 10.1. The first-order valence-electron chi connectivity index (χ1n) is 7.79. The number of carbonyl (C=O) groups is 2. The van der Waals surface area contributed by atoms with E-state index in [-0.39, 0.29) is 12.2 Å². The van der Waals surface area contributed by atoms with Crippen molar-refractivity contribution in [1.82, 2.24) is 9.55 Å². The van der Waals surface area contributed by atoms with Gasteiger partial charge in [0, 0.05) is 12.3 Å². The Morgan fingerprint density at radius 3 is 2.85 bits per heavy atom. The summed E-state index contributed by atoms with van der Waals surface area (Å²) < 4.78 is 8.11. The van der Waals surface area contributed by atoms with Crippen molar-refractivity contribution in [2.45, 2.75) is 26.0 Å². The van der Waals surface area contributed by atoms with Crippen molar-refractivity contribution >= 4 is 40.3 Å². The van der Waals surface area contributed by atoms with Crippen molar-refractivity contribution in [3.8, 4) is 18.2 Å². The van der Waals surface area contributed by atoms with E-state index in [1.54, 1.807) is 24.4 Å². The fourth-order valence-corrected chi connectivity index (χ4v) is 3.43. The molecule has 27 heavy (non-hydrogen) atoms. The predicted molar refractivity (Wildman–Crippen MR) is 96.6 cm³/mol. The fraction of sp³-hybridized carbons (Fsp3) is 0.222. The van der Waals surface area contributed by atoms with Crippen molar-refractivity contribution in [1.29, 1.82) is 0 Å². The maximum absolute atomic E-state index is 12.8. The van der Waals surface area contributed by atoms with Crippen molar-refractivity contribution in [3.63, 3.8) is 0 Å². The van der Waals surface area contributed by atoms with Gasteiger partial charge in [-0.2, -0.15) is 0 Å². The molecular formula is C18H14ClN3O4S. The number of imidazole rings is 1. The molecule has 0 saturated carbocycles. The number of Topliss-reactive ketones (excluding diaryl/α,β-unsaturated/α-hetero) is 1. The summed E-state index contributed by atoms with van der Waals surface area (Å²) in [5.41, 5.74) is -1.15. The zero-order valence-electron chi connectivity index (χ0n) is 14.4. The molecule has 0 N–H and O–H groups in total. The Labute approximate surface area is 163 Å². The van der Waals surface area contributed by atoms with Crippen LogP contribution >= 0.6 is 22.9 Å². The molecule has 0 fully saturated rings. The summed E-state index contributed by atoms with van der Waals surface area (Å²) in [5, 5.41) is 12.8. The fourth-order valence-electron chi connectivity index (χ4n) is 2.47. The molecule has 0 aliphatic carbocycles. The second kappa shape index (κ2) is 7.02. The average Bonchev–Trinajstić information content (AvgIpc) is 3.16. The van der Waals surface area contributed by atoms with Crippen LogP contribution in [0.5, 0.6) is 5.88 Å². The molecule has 0 aliphatic rings. The zero-order valence-corrected chi connectivity index (χ0v) is 16.0. The van der Waals surface area contributed by atoms with Gasteiger partial charge in [-0.05, 0) is 19.9 Å². The number of terminal acetylenes is 1. The van der Waals surface area contributed by atoms with Gasteiger partial charge in [-0.3, -0.25) is 4.79 Å². The van der Waals surface area contributed by atoms with Crippen LogP contribution in [-0.2, 0) is 16.1 Å². The standard InChI is InChI=1S/C18H14ClN3O4S/c1-4-18(2,3)26-16(25)14(23)13-15(24)21-8-6-5-7-12(21)22(13)10-11-9-20-17(19)27-11/h1,5-9H,10H2,2-3H3. The van der Waals surface area contributed by atoms with Crippen molar-refractivity contribution < 1.29 is 23.8 Å². The maximum atomic E-state index is 12.8. The number of esters is 1. The van der Waals surface area contributed by atoms with Crippen molar-refractivity contribution in [3.05, 3.63) is 45.6 Å². The third-order valence-corrected chi connectivity index (χ3v) is 4.84. The highest BCUT2D eigenvalue weighted by molar-refractivity contribution is 7.15. The van der Waals surface area contributed by atoms with Gasteiger partial charge < -0.3 is 9.84 Å². The molecule has 0 amide bonds. The number of hydrogen-bond donors (Lipinski definition) is 0. The number of thiazole rings is 1. The van der Waals surface area contributed by atoms with Crippen LogP contribution in [0.25, 0.3) is 5.65 Å². The van der Waals surface area contributed by atoms with Crippen molar-refractivity contribution in [2.75, 3.05) is 0 Å². The van der Waals surface area contributed by atoms with Crippen LogP contribution < -0.4 is 9.51 Å². The maximum Gasteiger partial charge on any atom is 0.385 e. The SMILES string of the molecule is C#CC(C)(C)OC(=O)C(=O)c1c([O-])[n+]2ccccc2n1Cc1cnc(Cl)s1. The Hall–Kier alpha value is -2.89. The summed E-state index contributed by atoms with van der Waals surface area (Å²) >= 11 is 7.07. The highest BCUT2D eigenvalue weighted by Gasteiger charge is 2.34. The first-order valence-corrected chi connectivity index (χ1v) is 8.98. The molecule has 0 radical (unpaired) electrons. The minimum absolute atomic E-state index is 0.146. The monoisotopic (exact) mass is 403 g/mol. The summed E-state index contributed by atoms with van der Waals surface area (Å²) in [6.07, 6.45) is 8.35. The minimum atomic E-state index is -1.27. The Morgan fingerprint density at radius 2 is 2.22 bits per heavy atom. The van der Waals surface area contributed by atoms with Gasteiger partial charge >= 0.3 is 11.8 Å². The lowest BCUT2D eigenvalue weighted by Crippen LogP contribution is -2.32. The number of halogens is 1. The lowest BCUT2D eigenvalue weighted by molar-refractivity contribution is -0.582. The van der Waals surface area contributed by atoms with Crippen LogP contribution in [0, 0.1) is 12.3 Å². The second-order valence-electron chi connectivity index (χ2n) is 6.12. The van der Waals surface area contributed by atoms with Gasteiger partial charge in [0.1, 0.15) is 12.4 Å². The number of aromatic nitrogens is 3. The molecular weight excluding hydrogens is 390 g/mol. The van der Waals surface area contributed by atoms with Crippen LogP contribution in [0.2, 0.25) is 4.47 Å². The summed E-state index contributed by atoms with van der Waals surface area (Å²) in [6, 6.07) is 5.03. The quantitative estimate of drug-likeness (QED) is 0.212. The number of nitrogens with zero attached hydrogens (tertiary/aromatic N) is 3.